The van der Waals surface area contributed by atoms with Crippen LogP contribution in [0.25, 0.3) is 0 Å². The Labute approximate surface area is 90.6 Å². The molecular weight excluding hydrogens is 188 g/mol. The van der Waals surface area contributed by atoms with E-state index >= 15 is 0 Å². The number of aliphatic hydroxyl groups excluding tert-OH is 2. The van der Waals surface area contributed by atoms with Crippen molar-refractivity contribution in [1.29, 1.82) is 0 Å². The molecule has 2 nitrogen and oxygen atoms in total. The van der Waals surface area contributed by atoms with Crippen molar-refractivity contribution in [2.75, 3.05) is 0 Å². The van der Waals surface area contributed by atoms with Crippen LogP contribution in [0.3, 0.4) is 0 Å². The third-order valence-electron chi connectivity index (χ3n) is 3.72. The van der Waals surface area contributed by atoms with Crippen LogP contribution < -0.4 is 0 Å². The molecule has 1 aromatic rings. The van der Waals surface area contributed by atoms with Crippen LogP contribution in [0.4, 0.5) is 0 Å². The van der Waals surface area contributed by atoms with Gasteiger partial charge in [0.05, 0.1) is 12.2 Å². The molecule has 82 valence electrons. The lowest BCUT2D eigenvalue weighted by Gasteiger charge is -2.36. The smallest absolute Gasteiger partial charge is 0.0661 e. The quantitative estimate of drug-likeness (QED) is 0.775. The van der Waals surface area contributed by atoms with Crippen molar-refractivity contribution in [3.05, 3.63) is 35.9 Å². The Balaban J connectivity index is 2.44. The van der Waals surface area contributed by atoms with E-state index in [0.29, 0.717) is 0 Å². The first-order valence-corrected chi connectivity index (χ1v) is 5.59. The van der Waals surface area contributed by atoms with E-state index in [-0.39, 0.29) is 0 Å². The van der Waals surface area contributed by atoms with E-state index in [2.05, 4.69) is 0 Å². The van der Waals surface area contributed by atoms with E-state index in [0.717, 1.165) is 24.8 Å². The maximum Gasteiger partial charge on any atom is 0.0661 e. The van der Waals surface area contributed by atoms with Gasteiger partial charge in [-0.05, 0) is 31.7 Å². The van der Waals surface area contributed by atoms with E-state index in [4.69, 9.17) is 0 Å². The van der Waals surface area contributed by atoms with E-state index in [1.807, 2.05) is 30.3 Å². The fourth-order valence-corrected chi connectivity index (χ4v) is 2.83. The number of aliphatic hydroxyl groups is 2. The Bertz CT molecular complexity index is 321. The fourth-order valence-electron chi connectivity index (χ4n) is 2.83. The molecule has 1 aliphatic rings. The Morgan fingerprint density at radius 2 is 2.00 bits per heavy atom. The van der Waals surface area contributed by atoms with Crippen molar-refractivity contribution in [2.24, 2.45) is 0 Å². The maximum absolute atomic E-state index is 10.1. The van der Waals surface area contributed by atoms with Crippen LogP contribution in [0, 0.1) is 0 Å². The molecule has 1 aromatic carbocycles. The molecule has 0 bridgehead atoms. The second-order valence-electron chi connectivity index (χ2n) is 4.49. The SMILES string of the molecule is CC(O)[C@@]1(c2ccccc2)CCC[C@H]1O. The molecule has 2 heteroatoms. The normalized spacial score (nSPS) is 32.9. The summed E-state index contributed by atoms with van der Waals surface area (Å²) in [5, 5.41) is 20.1. The van der Waals surface area contributed by atoms with E-state index in [1.165, 1.54) is 0 Å². The third-order valence-corrected chi connectivity index (χ3v) is 3.72. The molecule has 0 spiro atoms. The van der Waals surface area contributed by atoms with Gasteiger partial charge in [0.2, 0.25) is 0 Å². The van der Waals surface area contributed by atoms with Crippen LogP contribution in [-0.4, -0.2) is 22.4 Å². The van der Waals surface area contributed by atoms with Crippen LogP contribution in [0.15, 0.2) is 30.3 Å². The van der Waals surface area contributed by atoms with Gasteiger partial charge in [0, 0.05) is 5.41 Å². The first-order chi connectivity index (χ1) is 7.18. The van der Waals surface area contributed by atoms with Crippen molar-refractivity contribution >= 4 is 0 Å². The van der Waals surface area contributed by atoms with Crippen LogP contribution in [0.1, 0.15) is 31.7 Å². The fraction of sp³-hybridized carbons (Fsp3) is 0.538. The molecule has 3 atom stereocenters. The molecular formula is C13H18O2. The summed E-state index contributed by atoms with van der Waals surface area (Å²) in [6.45, 7) is 1.78. The van der Waals surface area contributed by atoms with Gasteiger partial charge in [0.1, 0.15) is 0 Å². The minimum absolute atomic E-state index is 0.417. The Morgan fingerprint density at radius 3 is 2.47 bits per heavy atom. The van der Waals surface area contributed by atoms with Crippen molar-refractivity contribution < 1.29 is 10.2 Å². The predicted molar refractivity (Wildman–Crippen MR) is 59.7 cm³/mol. The molecule has 15 heavy (non-hydrogen) atoms. The van der Waals surface area contributed by atoms with E-state index in [1.54, 1.807) is 6.92 Å². The van der Waals surface area contributed by atoms with Crippen molar-refractivity contribution in [3.63, 3.8) is 0 Å². The predicted octanol–water partition coefficient (Wildman–Crippen LogP) is 1.85. The van der Waals surface area contributed by atoms with Crippen LogP contribution in [-0.2, 0) is 5.41 Å². The van der Waals surface area contributed by atoms with Gasteiger partial charge in [0.25, 0.3) is 0 Å². The third kappa shape index (κ3) is 1.58. The van der Waals surface area contributed by atoms with Crippen molar-refractivity contribution in [3.8, 4) is 0 Å². The zero-order valence-corrected chi connectivity index (χ0v) is 9.06. The van der Waals surface area contributed by atoms with E-state index < -0.39 is 17.6 Å². The topological polar surface area (TPSA) is 40.5 Å². The molecule has 2 N–H and O–H groups in total. The number of rotatable bonds is 2. The standard InChI is InChI=1S/C13H18O2/c1-10(14)13(9-5-8-12(13)15)11-6-3-2-4-7-11/h2-4,6-7,10,12,14-15H,5,8-9H2,1H3/t10?,12-,13-/m1/s1. The lowest BCUT2D eigenvalue weighted by molar-refractivity contribution is 0.0122. The van der Waals surface area contributed by atoms with E-state index in [9.17, 15) is 10.2 Å². The Morgan fingerprint density at radius 1 is 1.33 bits per heavy atom. The highest BCUT2D eigenvalue weighted by Gasteiger charge is 2.46. The molecule has 0 heterocycles. The summed E-state index contributed by atoms with van der Waals surface area (Å²) in [4.78, 5) is 0. The molecule has 1 saturated carbocycles. The molecule has 1 aliphatic carbocycles. The first kappa shape index (κ1) is 10.7. The van der Waals surface area contributed by atoms with Gasteiger partial charge in [-0.2, -0.15) is 0 Å². The maximum atomic E-state index is 10.1. The minimum Gasteiger partial charge on any atom is -0.392 e. The highest BCUT2D eigenvalue weighted by atomic mass is 16.3. The highest BCUT2D eigenvalue weighted by molar-refractivity contribution is 5.30. The average molecular weight is 206 g/mol. The second-order valence-corrected chi connectivity index (χ2v) is 4.49. The summed E-state index contributed by atoms with van der Waals surface area (Å²) in [6, 6.07) is 9.89. The zero-order valence-electron chi connectivity index (χ0n) is 9.06. The van der Waals surface area contributed by atoms with Crippen LogP contribution in [0.2, 0.25) is 0 Å². The van der Waals surface area contributed by atoms with Gasteiger partial charge in [0.15, 0.2) is 0 Å². The molecule has 1 fully saturated rings. The molecule has 0 radical (unpaired) electrons. The molecule has 0 aromatic heterocycles. The number of benzene rings is 1. The number of hydrogen-bond donors (Lipinski definition) is 2. The molecule has 0 saturated heterocycles. The summed E-state index contributed by atoms with van der Waals surface area (Å²) in [5.74, 6) is 0. The average Bonchev–Trinajstić information content (AvgIpc) is 2.62. The van der Waals surface area contributed by atoms with Crippen molar-refractivity contribution in [1.82, 2.24) is 0 Å². The van der Waals surface area contributed by atoms with Crippen LogP contribution in [0.5, 0.6) is 0 Å². The van der Waals surface area contributed by atoms with Crippen molar-refractivity contribution in [2.45, 2.75) is 43.8 Å². The molecule has 2 rings (SSSR count). The zero-order chi connectivity index (χ0) is 10.9. The van der Waals surface area contributed by atoms with Gasteiger partial charge < -0.3 is 10.2 Å². The summed E-state index contributed by atoms with van der Waals surface area (Å²) < 4.78 is 0. The van der Waals surface area contributed by atoms with Gasteiger partial charge in [-0.1, -0.05) is 30.3 Å². The molecule has 1 unspecified atom stereocenters. The molecule has 0 amide bonds. The summed E-state index contributed by atoms with van der Waals surface area (Å²) >= 11 is 0. The first-order valence-electron chi connectivity index (χ1n) is 5.59. The number of hydrogen-bond acceptors (Lipinski definition) is 2. The summed E-state index contributed by atoms with van der Waals surface area (Å²) in [7, 11) is 0. The minimum atomic E-state index is -0.502. The summed E-state index contributed by atoms with van der Waals surface area (Å²) in [6.07, 6.45) is 1.73. The monoisotopic (exact) mass is 206 g/mol. The van der Waals surface area contributed by atoms with Gasteiger partial charge >= 0.3 is 0 Å². The van der Waals surface area contributed by atoms with Gasteiger partial charge in [-0.3, -0.25) is 0 Å². The van der Waals surface area contributed by atoms with Crippen LogP contribution >= 0.6 is 0 Å². The highest BCUT2D eigenvalue weighted by Crippen LogP contribution is 2.43. The Hall–Kier alpha value is -0.860. The van der Waals surface area contributed by atoms with Gasteiger partial charge in [-0.15, -0.1) is 0 Å². The molecule has 0 aliphatic heterocycles. The lowest BCUT2D eigenvalue weighted by Crippen LogP contribution is -2.44. The Kier molecular flexibility index (Phi) is 2.81. The second kappa shape index (κ2) is 3.95. The largest absolute Gasteiger partial charge is 0.392 e. The summed E-state index contributed by atoms with van der Waals surface area (Å²) in [5.41, 5.74) is 0.617. The lowest BCUT2D eigenvalue weighted by atomic mass is 9.73. The van der Waals surface area contributed by atoms with Gasteiger partial charge in [-0.25, -0.2) is 0 Å².